The third-order valence-electron chi connectivity index (χ3n) is 12.8. The fourth-order valence-electron chi connectivity index (χ4n) is 9.12. The summed E-state index contributed by atoms with van der Waals surface area (Å²) in [6.07, 6.45) is 8.90. The molecule has 0 bridgehead atoms. The predicted octanol–water partition coefficient (Wildman–Crippen LogP) is 11.8. The first-order valence-corrected chi connectivity index (χ1v) is 22.5. The number of benzene rings is 2. The zero-order valence-corrected chi connectivity index (χ0v) is 38.8. The molecule has 3 aromatic rings. The first kappa shape index (κ1) is 49.4. The smallest absolute Gasteiger partial charge is 0.310 e. The molecule has 3 rings (SSSR count). The zero-order valence-electron chi connectivity index (χ0n) is 38.8. The number of unbranched alkanes of at least 4 members (excludes halogenated alkanes) is 4. The van der Waals surface area contributed by atoms with E-state index in [4.69, 9.17) is 18.9 Å². The van der Waals surface area contributed by atoms with E-state index in [2.05, 4.69) is 58.7 Å². The molecule has 2 aromatic carbocycles. The summed E-state index contributed by atoms with van der Waals surface area (Å²) in [4.78, 5) is 44.5. The summed E-state index contributed by atoms with van der Waals surface area (Å²) in [5, 5.41) is 9.35. The normalized spacial score (nSPS) is 15.6. The van der Waals surface area contributed by atoms with Gasteiger partial charge >= 0.3 is 17.9 Å². The number of nitrogens with zero attached hydrogens (tertiary/aromatic N) is 3. The highest BCUT2D eigenvalue weighted by molar-refractivity contribution is 5.83. The molecule has 0 saturated carbocycles. The molecule has 5 unspecified atom stereocenters. The molecule has 1 heterocycles. The Balaban J connectivity index is 2.04. The van der Waals surface area contributed by atoms with Crippen LogP contribution >= 0.6 is 0 Å². The monoisotopic (exact) mass is 820 g/mol. The Morgan fingerprint density at radius 2 is 1.29 bits per heavy atom. The average molecular weight is 820 g/mol. The summed E-state index contributed by atoms with van der Waals surface area (Å²) in [5.41, 5.74) is 1.64. The Labute approximate surface area is 355 Å². The Morgan fingerprint density at radius 1 is 0.712 bits per heavy atom. The van der Waals surface area contributed by atoms with E-state index in [-0.39, 0.29) is 31.4 Å². The van der Waals surface area contributed by atoms with Crippen molar-refractivity contribution in [3.8, 4) is 11.4 Å². The Morgan fingerprint density at radius 3 is 1.83 bits per heavy atom. The number of carbonyl (C=O) groups excluding carboxylic acids is 3. The predicted molar refractivity (Wildman–Crippen MR) is 236 cm³/mol. The molecule has 0 saturated heterocycles. The number of ether oxygens (including phenoxy) is 4. The number of hydrogen-bond acceptors (Lipinski definition) is 9. The van der Waals surface area contributed by atoms with E-state index in [0.717, 1.165) is 68.0 Å². The number of aryl methyl sites for hydroxylation is 1. The van der Waals surface area contributed by atoms with E-state index in [1.807, 2.05) is 84.0 Å². The number of esters is 3. The zero-order chi connectivity index (χ0) is 44.0. The van der Waals surface area contributed by atoms with Crippen LogP contribution in [0.2, 0.25) is 0 Å². The van der Waals surface area contributed by atoms with Crippen LogP contribution in [0.1, 0.15) is 159 Å². The molecule has 0 fully saturated rings. The largest absolute Gasteiger partial charge is 0.488 e. The van der Waals surface area contributed by atoms with Gasteiger partial charge in [0.2, 0.25) is 0 Å². The molecule has 0 radical (unpaired) electrons. The van der Waals surface area contributed by atoms with Gasteiger partial charge in [0, 0.05) is 0 Å². The molecular weight excluding hydrogens is 743 g/mol. The molecule has 0 aliphatic rings. The molecule has 0 spiro atoms. The van der Waals surface area contributed by atoms with Gasteiger partial charge in [-0.1, -0.05) is 112 Å². The second-order valence-electron chi connectivity index (χ2n) is 18.3. The van der Waals surface area contributed by atoms with Crippen molar-refractivity contribution in [1.29, 1.82) is 0 Å². The van der Waals surface area contributed by atoms with Gasteiger partial charge in [0.25, 0.3) is 0 Å². The summed E-state index contributed by atoms with van der Waals surface area (Å²) in [7, 11) is 0. The molecular formula is C49H77N3O7. The van der Waals surface area contributed by atoms with Gasteiger partial charge in [0.1, 0.15) is 35.7 Å². The lowest BCUT2D eigenvalue weighted by Gasteiger charge is -2.55. The first-order chi connectivity index (χ1) is 27.9. The molecule has 0 amide bonds. The van der Waals surface area contributed by atoms with E-state index in [1.165, 1.54) is 0 Å². The second kappa shape index (κ2) is 22.6. The van der Waals surface area contributed by atoms with Crippen LogP contribution in [0.25, 0.3) is 16.7 Å². The van der Waals surface area contributed by atoms with Crippen molar-refractivity contribution >= 4 is 28.9 Å². The topological polar surface area (TPSA) is 119 Å². The molecule has 0 N–H and O–H groups in total. The maximum absolute atomic E-state index is 14.8. The van der Waals surface area contributed by atoms with Crippen molar-refractivity contribution in [1.82, 2.24) is 15.0 Å². The lowest BCUT2D eigenvalue weighted by molar-refractivity contribution is -0.180. The Bertz CT molecular complexity index is 1750. The standard InChI is InChI=1S/C49H77N3O7/c1-14-18-22-28-47(11,12)38(45(54)57-31-30-56-42-27-26-36(9)32-41(42)52-50-39-24-20-21-25-40(39)51-52)33-49(17-4,29-23-19-15-2)48(13,16-3)43(46(55)59-35(7)8)37(10)44(53)58-34(5)6/h20-21,24-27,32,34-35,37-38,43H,14-19,22-23,28-31,33H2,1-13H3. The maximum atomic E-state index is 14.8. The van der Waals surface area contributed by atoms with Crippen LogP contribution in [0, 0.1) is 40.9 Å². The van der Waals surface area contributed by atoms with Crippen molar-refractivity contribution in [2.75, 3.05) is 13.2 Å². The van der Waals surface area contributed by atoms with E-state index in [1.54, 1.807) is 4.80 Å². The number of carbonyl (C=O) groups is 3. The Kier molecular flexibility index (Phi) is 18.9. The van der Waals surface area contributed by atoms with Crippen molar-refractivity contribution in [2.45, 2.75) is 173 Å². The lowest BCUT2D eigenvalue weighted by atomic mass is 9.48. The summed E-state index contributed by atoms with van der Waals surface area (Å²) < 4.78 is 24.3. The van der Waals surface area contributed by atoms with Crippen LogP contribution in [0.15, 0.2) is 42.5 Å². The van der Waals surface area contributed by atoms with Crippen molar-refractivity contribution < 1.29 is 33.3 Å². The summed E-state index contributed by atoms with van der Waals surface area (Å²) in [5.74, 6) is -2.50. The quantitative estimate of drug-likeness (QED) is 0.0443. The minimum Gasteiger partial charge on any atom is -0.488 e. The minimum atomic E-state index is -0.790. The van der Waals surface area contributed by atoms with Crippen LogP contribution in [0.5, 0.6) is 5.75 Å². The van der Waals surface area contributed by atoms with E-state index >= 15 is 0 Å². The summed E-state index contributed by atoms with van der Waals surface area (Å²) in [6, 6.07) is 13.6. The van der Waals surface area contributed by atoms with Gasteiger partial charge in [-0.05, 0) is 113 Å². The number of fused-ring (bicyclic) bond motifs is 1. The van der Waals surface area contributed by atoms with Gasteiger partial charge in [-0.3, -0.25) is 14.4 Å². The highest BCUT2D eigenvalue weighted by Crippen LogP contribution is 2.60. The molecule has 10 nitrogen and oxygen atoms in total. The summed E-state index contributed by atoms with van der Waals surface area (Å²) >= 11 is 0. The average Bonchev–Trinajstić information content (AvgIpc) is 3.62. The first-order valence-electron chi connectivity index (χ1n) is 22.5. The van der Waals surface area contributed by atoms with E-state index in [9.17, 15) is 14.4 Å². The second-order valence-corrected chi connectivity index (χ2v) is 18.3. The van der Waals surface area contributed by atoms with Gasteiger partial charge in [-0.25, -0.2) is 0 Å². The summed E-state index contributed by atoms with van der Waals surface area (Å²) in [6.45, 7) is 26.6. The highest BCUT2D eigenvalue weighted by atomic mass is 16.6. The van der Waals surface area contributed by atoms with Crippen LogP contribution in [0.3, 0.4) is 0 Å². The van der Waals surface area contributed by atoms with Gasteiger partial charge in [0.15, 0.2) is 0 Å². The molecule has 5 atom stereocenters. The lowest BCUT2D eigenvalue weighted by Crippen LogP contribution is -2.54. The third kappa shape index (κ3) is 12.8. The number of aromatic nitrogens is 3. The van der Waals surface area contributed by atoms with E-state index < -0.39 is 45.9 Å². The maximum Gasteiger partial charge on any atom is 0.310 e. The Hall–Kier alpha value is -3.95. The van der Waals surface area contributed by atoms with Gasteiger partial charge in [-0.2, -0.15) is 0 Å². The minimum absolute atomic E-state index is 0.0591. The fraction of sp³-hybridized carbons (Fsp3) is 0.694. The molecule has 330 valence electrons. The van der Waals surface area contributed by atoms with Crippen LogP contribution in [-0.2, 0) is 28.6 Å². The SMILES string of the molecule is CCCCCC(C)(C)C(CC(CC)(CCCCC)C(C)(CC)C(C(=O)OC(C)C)C(C)C(=O)OC(C)C)C(=O)OCCOc1ccc(C)cc1-n1nc2ccccc2n1. The molecule has 0 aliphatic heterocycles. The molecule has 0 aliphatic carbocycles. The molecule has 1 aromatic heterocycles. The number of rotatable bonds is 26. The van der Waals surface area contributed by atoms with Crippen LogP contribution in [0.4, 0.5) is 0 Å². The van der Waals surface area contributed by atoms with Crippen molar-refractivity contribution in [3.63, 3.8) is 0 Å². The van der Waals surface area contributed by atoms with E-state index in [0.29, 0.717) is 30.7 Å². The molecule has 10 heteroatoms. The van der Waals surface area contributed by atoms with Crippen LogP contribution in [-0.4, -0.2) is 58.3 Å². The van der Waals surface area contributed by atoms with Crippen LogP contribution < -0.4 is 4.74 Å². The van der Waals surface area contributed by atoms with Gasteiger partial charge in [0.05, 0.1) is 30.0 Å². The fourth-order valence-corrected chi connectivity index (χ4v) is 9.12. The van der Waals surface area contributed by atoms with Crippen molar-refractivity contribution in [3.05, 3.63) is 48.0 Å². The van der Waals surface area contributed by atoms with Crippen molar-refractivity contribution in [2.24, 2.45) is 34.0 Å². The molecule has 59 heavy (non-hydrogen) atoms. The van der Waals surface area contributed by atoms with Gasteiger partial charge < -0.3 is 18.9 Å². The highest BCUT2D eigenvalue weighted by Gasteiger charge is 2.58. The third-order valence-corrected chi connectivity index (χ3v) is 12.8. The van der Waals surface area contributed by atoms with Gasteiger partial charge in [-0.15, -0.1) is 15.0 Å². The number of hydrogen-bond donors (Lipinski definition) is 0.